The Balaban J connectivity index is 2.13. The number of H-pyrrole nitrogens is 1. The second-order valence-corrected chi connectivity index (χ2v) is 5.07. The van der Waals surface area contributed by atoms with Gasteiger partial charge in [-0.3, -0.25) is 24.3 Å². The van der Waals surface area contributed by atoms with E-state index in [9.17, 15) is 19.2 Å². The van der Waals surface area contributed by atoms with Crippen LogP contribution in [0.25, 0.3) is 0 Å². The molecular weight excluding hydrogens is 278 g/mol. The van der Waals surface area contributed by atoms with Crippen LogP contribution in [0.15, 0.2) is 21.7 Å². The van der Waals surface area contributed by atoms with E-state index in [4.69, 9.17) is 5.11 Å². The van der Waals surface area contributed by atoms with Crippen molar-refractivity contribution in [1.82, 2.24) is 14.7 Å². The van der Waals surface area contributed by atoms with Crippen molar-refractivity contribution in [2.45, 2.75) is 38.3 Å². The monoisotopic (exact) mass is 295 g/mol. The van der Waals surface area contributed by atoms with Crippen LogP contribution in [0.5, 0.6) is 0 Å². The zero-order valence-electron chi connectivity index (χ0n) is 11.4. The number of likely N-dealkylation sites (tertiary alicyclic amines) is 1. The molecule has 1 aromatic heterocycles. The molecule has 0 aromatic carbocycles. The van der Waals surface area contributed by atoms with Gasteiger partial charge >= 0.3 is 5.97 Å². The number of aliphatic carboxylic acids is 1. The van der Waals surface area contributed by atoms with Crippen molar-refractivity contribution < 1.29 is 14.7 Å². The molecule has 114 valence electrons. The standard InChI is InChI=1S/C13H17N3O5/c17-10-4-5-11(18)16(14-10)8-12(19)15-6-2-1-3-9(15)7-13(20)21/h4-5,9H,1-3,6-8H2,(H,14,17)(H,20,21). The molecule has 1 atom stereocenters. The largest absolute Gasteiger partial charge is 0.481 e. The average Bonchev–Trinajstić information content (AvgIpc) is 2.42. The topological polar surface area (TPSA) is 112 Å². The first-order valence-electron chi connectivity index (χ1n) is 6.79. The van der Waals surface area contributed by atoms with Gasteiger partial charge in [-0.05, 0) is 19.3 Å². The molecule has 2 N–H and O–H groups in total. The maximum absolute atomic E-state index is 12.3. The Morgan fingerprint density at radius 1 is 1.29 bits per heavy atom. The summed E-state index contributed by atoms with van der Waals surface area (Å²) in [6.07, 6.45) is 2.22. The molecule has 0 saturated carbocycles. The average molecular weight is 295 g/mol. The van der Waals surface area contributed by atoms with E-state index in [1.165, 1.54) is 4.90 Å². The fourth-order valence-corrected chi connectivity index (χ4v) is 2.55. The van der Waals surface area contributed by atoms with Gasteiger partial charge in [0.05, 0.1) is 6.42 Å². The highest BCUT2D eigenvalue weighted by Crippen LogP contribution is 2.20. The predicted octanol–water partition coefficient (Wildman–Crippen LogP) is -0.608. The first kappa shape index (κ1) is 15.0. The quantitative estimate of drug-likeness (QED) is 0.769. The zero-order valence-corrected chi connectivity index (χ0v) is 11.4. The number of piperidine rings is 1. The molecular formula is C13H17N3O5. The van der Waals surface area contributed by atoms with Crippen LogP contribution in [0.4, 0.5) is 0 Å². The Morgan fingerprint density at radius 2 is 2.05 bits per heavy atom. The molecule has 8 heteroatoms. The van der Waals surface area contributed by atoms with Gasteiger partial charge in [0.15, 0.2) is 0 Å². The minimum Gasteiger partial charge on any atom is -0.481 e. The molecule has 0 bridgehead atoms. The Kier molecular flexibility index (Phi) is 4.56. The van der Waals surface area contributed by atoms with Crippen molar-refractivity contribution in [1.29, 1.82) is 0 Å². The van der Waals surface area contributed by atoms with Gasteiger partial charge < -0.3 is 10.0 Å². The molecule has 1 aliphatic heterocycles. The maximum atomic E-state index is 12.3. The number of nitrogens with one attached hydrogen (secondary N) is 1. The fourth-order valence-electron chi connectivity index (χ4n) is 2.55. The lowest BCUT2D eigenvalue weighted by atomic mass is 9.99. The molecule has 1 unspecified atom stereocenters. The van der Waals surface area contributed by atoms with Gasteiger partial charge in [-0.1, -0.05) is 0 Å². The molecule has 1 fully saturated rings. The SMILES string of the molecule is O=C(O)CC1CCCCN1C(=O)Cn1[nH]c(=O)ccc1=O. The minimum absolute atomic E-state index is 0.105. The van der Waals surface area contributed by atoms with Gasteiger partial charge in [0.2, 0.25) is 5.91 Å². The van der Waals surface area contributed by atoms with E-state index in [0.29, 0.717) is 13.0 Å². The summed E-state index contributed by atoms with van der Waals surface area (Å²) in [7, 11) is 0. The molecule has 0 radical (unpaired) electrons. The third-order valence-electron chi connectivity index (χ3n) is 3.54. The van der Waals surface area contributed by atoms with E-state index < -0.39 is 17.1 Å². The summed E-state index contributed by atoms with van der Waals surface area (Å²) in [4.78, 5) is 47.4. The number of nitrogens with zero attached hydrogens (tertiary/aromatic N) is 2. The number of aromatic amines is 1. The number of carboxylic acids is 1. The van der Waals surface area contributed by atoms with Gasteiger partial charge in [0, 0.05) is 24.7 Å². The van der Waals surface area contributed by atoms with Crippen molar-refractivity contribution in [3.8, 4) is 0 Å². The Labute approximate surface area is 120 Å². The van der Waals surface area contributed by atoms with Crippen molar-refractivity contribution in [3.63, 3.8) is 0 Å². The van der Waals surface area contributed by atoms with Gasteiger partial charge in [-0.25, -0.2) is 4.68 Å². The van der Waals surface area contributed by atoms with Crippen molar-refractivity contribution in [2.24, 2.45) is 0 Å². The van der Waals surface area contributed by atoms with Gasteiger partial charge in [0.1, 0.15) is 6.54 Å². The van der Waals surface area contributed by atoms with E-state index in [0.717, 1.165) is 29.7 Å². The lowest BCUT2D eigenvalue weighted by Gasteiger charge is -2.35. The molecule has 2 heterocycles. The summed E-state index contributed by atoms with van der Waals surface area (Å²) < 4.78 is 0.942. The summed E-state index contributed by atoms with van der Waals surface area (Å²) in [5.41, 5.74) is -0.946. The van der Waals surface area contributed by atoms with Crippen LogP contribution in [0.2, 0.25) is 0 Å². The second kappa shape index (κ2) is 6.38. The van der Waals surface area contributed by atoms with Crippen LogP contribution in [0.3, 0.4) is 0 Å². The first-order chi connectivity index (χ1) is 9.97. The van der Waals surface area contributed by atoms with Crippen molar-refractivity contribution in [2.75, 3.05) is 6.54 Å². The third-order valence-corrected chi connectivity index (χ3v) is 3.54. The van der Waals surface area contributed by atoms with E-state index in [2.05, 4.69) is 5.10 Å². The number of rotatable bonds is 4. The van der Waals surface area contributed by atoms with Crippen molar-refractivity contribution in [3.05, 3.63) is 32.8 Å². The maximum Gasteiger partial charge on any atom is 0.305 e. The smallest absolute Gasteiger partial charge is 0.305 e. The summed E-state index contributed by atoms with van der Waals surface area (Å²) in [5, 5.41) is 11.2. The van der Waals surface area contributed by atoms with Crippen LogP contribution in [0, 0.1) is 0 Å². The highest BCUT2D eigenvalue weighted by atomic mass is 16.4. The van der Waals surface area contributed by atoms with E-state index in [-0.39, 0.29) is 24.9 Å². The van der Waals surface area contributed by atoms with Gasteiger partial charge in [-0.2, -0.15) is 0 Å². The van der Waals surface area contributed by atoms with E-state index in [1.54, 1.807) is 0 Å². The molecule has 21 heavy (non-hydrogen) atoms. The van der Waals surface area contributed by atoms with Crippen LogP contribution in [-0.4, -0.2) is 44.3 Å². The minimum atomic E-state index is -0.954. The second-order valence-electron chi connectivity index (χ2n) is 5.07. The molecule has 1 aromatic rings. The normalized spacial score (nSPS) is 18.5. The Bertz CT molecular complexity index is 648. The zero-order chi connectivity index (χ0) is 15.4. The molecule has 0 aliphatic carbocycles. The lowest BCUT2D eigenvalue weighted by Crippen LogP contribution is -2.47. The molecule has 1 aliphatic rings. The highest BCUT2D eigenvalue weighted by molar-refractivity contribution is 5.77. The first-order valence-corrected chi connectivity index (χ1v) is 6.79. The van der Waals surface area contributed by atoms with E-state index >= 15 is 0 Å². The summed E-state index contributed by atoms with van der Waals surface area (Å²) in [6, 6.07) is 1.84. The molecule has 1 amide bonds. The summed E-state index contributed by atoms with van der Waals surface area (Å²) in [6.45, 7) is 0.188. The lowest BCUT2D eigenvalue weighted by molar-refractivity contribution is -0.142. The van der Waals surface area contributed by atoms with Crippen LogP contribution in [0.1, 0.15) is 25.7 Å². The van der Waals surface area contributed by atoms with Crippen LogP contribution < -0.4 is 11.1 Å². The highest BCUT2D eigenvalue weighted by Gasteiger charge is 2.28. The summed E-state index contributed by atoms with van der Waals surface area (Å²) in [5.74, 6) is -1.31. The predicted molar refractivity (Wildman–Crippen MR) is 72.9 cm³/mol. The van der Waals surface area contributed by atoms with Gasteiger partial charge in [-0.15, -0.1) is 0 Å². The fraction of sp³-hybridized carbons (Fsp3) is 0.538. The number of carbonyl (C=O) groups excluding carboxylic acids is 1. The number of carbonyl (C=O) groups is 2. The van der Waals surface area contributed by atoms with Crippen LogP contribution >= 0.6 is 0 Å². The third kappa shape index (κ3) is 3.80. The van der Waals surface area contributed by atoms with Crippen molar-refractivity contribution >= 4 is 11.9 Å². The number of aromatic nitrogens is 2. The van der Waals surface area contributed by atoms with E-state index in [1.807, 2.05) is 0 Å². The Hall–Kier alpha value is -2.38. The molecule has 2 rings (SSSR count). The molecule has 8 nitrogen and oxygen atoms in total. The number of amides is 1. The van der Waals surface area contributed by atoms with Crippen LogP contribution in [-0.2, 0) is 16.1 Å². The molecule has 1 saturated heterocycles. The van der Waals surface area contributed by atoms with Gasteiger partial charge in [0.25, 0.3) is 11.1 Å². The number of hydrogen-bond donors (Lipinski definition) is 2. The molecule has 0 spiro atoms. The number of hydrogen-bond acceptors (Lipinski definition) is 4. The number of carboxylic acid groups (broad SMARTS) is 1. The summed E-state index contributed by atoms with van der Waals surface area (Å²) >= 11 is 0. The Morgan fingerprint density at radius 3 is 2.76 bits per heavy atom.